The Hall–Kier alpha value is -3.04. The maximum Gasteiger partial charge on any atom is 0.320 e. The summed E-state index contributed by atoms with van der Waals surface area (Å²) in [7, 11) is 0. The fourth-order valence-corrected chi connectivity index (χ4v) is 3.41. The minimum Gasteiger partial charge on any atom is -0.490 e. The van der Waals surface area contributed by atoms with E-state index in [2.05, 4.69) is 6.07 Å². The van der Waals surface area contributed by atoms with E-state index in [9.17, 15) is 15.2 Å². The molecule has 0 radical (unpaired) electrons. The summed E-state index contributed by atoms with van der Waals surface area (Å²) in [6.45, 7) is 7.28. The van der Waals surface area contributed by atoms with Crippen LogP contribution in [-0.2, 0) is 24.4 Å². The van der Waals surface area contributed by atoms with E-state index in [0.717, 1.165) is 23.3 Å². The van der Waals surface area contributed by atoms with Gasteiger partial charge in [-0.15, -0.1) is 0 Å². The van der Waals surface area contributed by atoms with Gasteiger partial charge in [0.05, 0.1) is 11.7 Å². The van der Waals surface area contributed by atoms with E-state index in [4.69, 9.17) is 9.47 Å². The molecule has 1 heterocycles. The smallest absolute Gasteiger partial charge is 0.320 e. The molecule has 0 fully saturated rings. The highest BCUT2D eigenvalue weighted by atomic mass is 16.5. The van der Waals surface area contributed by atoms with Crippen LogP contribution in [-0.4, -0.2) is 34.7 Å². The van der Waals surface area contributed by atoms with Gasteiger partial charge in [0, 0.05) is 13.1 Å². The average molecular weight is 394 g/mol. The Morgan fingerprint density at radius 3 is 2.69 bits per heavy atom. The van der Waals surface area contributed by atoms with Crippen LogP contribution in [0.1, 0.15) is 43.0 Å². The third kappa shape index (κ3) is 5.07. The highest BCUT2D eigenvalue weighted by Gasteiger charge is 2.25. The summed E-state index contributed by atoms with van der Waals surface area (Å²) in [5.41, 5.74) is 3.73. The van der Waals surface area contributed by atoms with Gasteiger partial charge in [-0.1, -0.05) is 12.1 Å². The van der Waals surface area contributed by atoms with Crippen molar-refractivity contribution in [1.29, 1.82) is 5.26 Å². The van der Waals surface area contributed by atoms with Crippen LogP contribution >= 0.6 is 0 Å². The van der Waals surface area contributed by atoms with Crippen molar-refractivity contribution in [2.24, 2.45) is 0 Å². The lowest BCUT2D eigenvalue weighted by molar-refractivity contribution is -0.143. The molecule has 1 aliphatic rings. The zero-order valence-corrected chi connectivity index (χ0v) is 17.0. The van der Waals surface area contributed by atoms with Gasteiger partial charge in [0.15, 0.2) is 0 Å². The first-order valence-corrected chi connectivity index (χ1v) is 9.78. The molecule has 2 aromatic rings. The Kier molecular flexibility index (Phi) is 6.40. The monoisotopic (exact) mass is 394 g/mol. The number of carboxylic acids is 1. The molecule has 0 saturated heterocycles. The Labute approximate surface area is 171 Å². The lowest BCUT2D eigenvalue weighted by atomic mass is 9.98. The second kappa shape index (κ2) is 8.97. The fourth-order valence-electron chi connectivity index (χ4n) is 3.41. The SMILES string of the molecule is CC(C)Oc1ccc(COc2ccc3c(c2)CCN(C(C)C(=O)O)C3)cc1C#N. The first kappa shape index (κ1) is 20.7. The predicted octanol–water partition coefficient (Wildman–Crippen LogP) is 3.76. The molecular weight excluding hydrogens is 368 g/mol. The van der Waals surface area contributed by atoms with Crippen molar-refractivity contribution in [2.75, 3.05) is 6.54 Å². The quantitative estimate of drug-likeness (QED) is 0.770. The number of hydrogen-bond acceptors (Lipinski definition) is 5. The molecule has 2 aromatic carbocycles. The number of ether oxygens (including phenoxy) is 2. The average Bonchev–Trinajstić information content (AvgIpc) is 2.71. The van der Waals surface area contributed by atoms with Crippen LogP contribution in [0.15, 0.2) is 36.4 Å². The van der Waals surface area contributed by atoms with Crippen molar-refractivity contribution in [3.8, 4) is 17.6 Å². The molecule has 152 valence electrons. The van der Waals surface area contributed by atoms with Gasteiger partial charge in [-0.3, -0.25) is 9.69 Å². The van der Waals surface area contributed by atoms with Crippen molar-refractivity contribution in [3.63, 3.8) is 0 Å². The first-order chi connectivity index (χ1) is 13.9. The molecule has 0 bridgehead atoms. The first-order valence-electron chi connectivity index (χ1n) is 9.78. The summed E-state index contributed by atoms with van der Waals surface area (Å²) in [6.07, 6.45) is 0.804. The molecule has 1 aliphatic heterocycles. The predicted molar refractivity (Wildman–Crippen MR) is 109 cm³/mol. The minimum absolute atomic E-state index is 0.00843. The van der Waals surface area contributed by atoms with Gasteiger partial charge in [-0.25, -0.2) is 0 Å². The van der Waals surface area contributed by atoms with Crippen LogP contribution in [0.5, 0.6) is 11.5 Å². The minimum atomic E-state index is -0.796. The second-order valence-corrected chi connectivity index (χ2v) is 7.56. The largest absolute Gasteiger partial charge is 0.490 e. The van der Waals surface area contributed by atoms with Crippen molar-refractivity contribution in [1.82, 2.24) is 4.90 Å². The van der Waals surface area contributed by atoms with Gasteiger partial charge in [-0.05, 0) is 68.1 Å². The van der Waals surface area contributed by atoms with Crippen LogP contribution in [0.2, 0.25) is 0 Å². The normalized spacial score (nSPS) is 14.7. The molecule has 1 N–H and O–H groups in total. The van der Waals surface area contributed by atoms with Crippen LogP contribution < -0.4 is 9.47 Å². The van der Waals surface area contributed by atoms with Crippen molar-refractivity contribution >= 4 is 5.97 Å². The van der Waals surface area contributed by atoms with Crippen molar-refractivity contribution in [2.45, 2.75) is 52.5 Å². The zero-order valence-electron chi connectivity index (χ0n) is 17.0. The Bertz CT molecular complexity index is 933. The molecule has 0 aromatic heterocycles. The molecule has 0 spiro atoms. The molecule has 0 aliphatic carbocycles. The number of nitrogens with zero attached hydrogens (tertiary/aromatic N) is 2. The number of carboxylic acid groups (broad SMARTS) is 1. The molecule has 0 amide bonds. The molecule has 3 rings (SSSR count). The number of nitriles is 1. The summed E-state index contributed by atoms with van der Waals surface area (Å²) >= 11 is 0. The maximum absolute atomic E-state index is 11.2. The van der Waals surface area contributed by atoms with Gasteiger partial charge in [0.25, 0.3) is 0 Å². The van der Waals surface area contributed by atoms with E-state index in [0.29, 0.717) is 31.0 Å². The number of hydrogen-bond donors (Lipinski definition) is 1. The van der Waals surface area contributed by atoms with E-state index < -0.39 is 12.0 Å². The van der Waals surface area contributed by atoms with Gasteiger partial charge < -0.3 is 14.6 Å². The molecule has 6 heteroatoms. The van der Waals surface area contributed by atoms with Gasteiger partial charge in [0.1, 0.15) is 30.2 Å². The van der Waals surface area contributed by atoms with E-state index >= 15 is 0 Å². The van der Waals surface area contributed by atoms with Gasteiger partial charge >= 0.3 is 5.97 Å². The van der Waals surface area contributed by atoms with E-state index in [1.165, 1.54) is 5.56 Å². The number of aliphatic carboxylic acids is 1. The topological polar surface area (TPSA) is 82.8 Å². The van der Waals surface area contributed by atoms with E-state index in [1.807, 2.05) is 49.1 Å². The Balaban J connectivity index is 1.65. The molecule has 0 saturated carbocycles. The Morgan fingerprint density at radius 2 is 2.00 bits per heavy atom. The molecule has 1 unspecified atom stereocenters. The molecular formula is C23H26N2O4. The van der Waals surface area contributed by atoms with Crippen LogP contribution in [0.25, 0.3) is 0 Å². The summed E-state index contributed by atoms with van der Waals surface area (Å²) in [5.74, 6) is 0.555. The van der Waals surface area contributed by atoms with Crippen molar-refractivity contribution < 1.29 is 19.4 Å². The maximum atomic E-state index is 11.2. The summed E-state index contributed by atoms with van der Waals surface area (Å²) in [6, 6.07) is 13.1. The third-order valence-corrected chi connectivity index (χ3v) is 5.06. The second-order valence-electron chi connectivity index (χ2n) is 7.56. The van der Waals surface area contributed by atoms with Crippen LogP contribution in [0.3, 0.4) is 0 Å². The summed E-state index contributed by atoms with van der Waals surface area (Å²) in [5, 5.41) is 18.6. The number of fused-ring (bicyclic) bond motifs is 1. The van der Waals surface area contributed by atoms with Crippen LogP contribution in [0, 0.1) is 11.3 Å². The third-order valence-electron chi connectivity index (χ3n) is 5.06. The van der Waals surface area contributed by atoms with Crippen LogP contribution in [0.4, 0.5) is 0 Å². The summed E-state index contributed by atoms with van der Waals surface area (Å²) < 4.78 is 11.6. The van der Waals surface area contributed by atoms with Gasteiger partial charge in [0.2, 0.25) is 0 Å². The Morgan fingerprint density at radius 1 is 1.21 bits per heavy atom. The lowest BCUT2D eigenvalue weighted by Crippen LogP contribution is -2.42. The molecule has 1 atom stereocenters. The van der Waals surface area contributed by atoms with E-state index in [-0.39, 0.29) is 6.10 Å². The zero-order chi connectivity index (χ0) is 21.0. The van der Waals surface area contributed by atoms with Gasteiger partial charge in [-0.2, -0.15) is 5.26 Å². The summed E-state index contributed by atoms with van der Waals surface area (Å²) in [4.78, 5) is 13.2. The molecule has 6 nitrogen and oxygen atoms in total. The van der Waals surface area contributed by atoms with Crippen molar-refractivity contribution in [3.05, 3.63) is 58.7 Å². The lowest BCUT2D eigenvalue weighted by Gasteiger charge is -2.31. The molecule has 29 heavy (non-hydrogen) atoms. The fraction of sp³-hybridized carbons (Fsp3) is 0.391. The number of rotatable bonds is 7. The van der Waals surface area contributed by atoms with E-state index in [1.54, 1.807) is 13.0 Å². The standard InChI is InChI=1S/C23H26N2O4/c1-15(2)29-22-7-4-17(10-20(22)12-24)14-28-21-6-5-19-13-25(16(3)23(26)27)9-8-18(19)11-21/h4-7,10-11,15-16H,8-9,13-14H2,1-3H3,(H,26,27). The number of carbonyl (C=O) groups is 1. The highest BCUT2D eigenvalue weighted by molar-refractivity contribution is 5.73. The highest BCUT2D eigenvalue weighted by Crippen LogP contribution is 2.26. The number of benzene rings is 2.